The van der Waals surface area contributed by atoms with Crippen LogP contribution in [0.1, 0.15) is 29.5 Å². The predicted octanol–water partition coefficient (Wildman–Crippen LogP) is 3.01. The number of nitriles is 1. The molecule has 0 unspecified atom stereocenters. The summed E-state index contributed by atoms with van der Waals surface area (Å²) in [5, 5.41) is 8.78. The second-order valence-corrected chi connectivity index (χ2v) is 6.25. The van der Waals surface area contributed by atoms with Crippen LogP contribution in [0.15, 0.2) is 48.5 Å². The van der Waals surface area contributed by atoms with Crippen LogP contribution in [0, 0.1) is 11.3 Å². The van der Waals surface area contributed by atoms with E-state index in [4.69, 9.17) is 10.00 Å². The van der Waals surface area contributed by atoms with Gasteiger partial charge in [-0.1, -0.05) is 30.3 Å². The van der Waals surface area contributed by atoms with E-state index in [2.05, 4.69) is 6.07 Å². The highest BCUT2D eigenvalue weighted by Gasteiger charge is 2.22. The highest BCUT2D eigenvalue weighted by atomic mass is 16.5. The largest absolute Gasteiger partial charge is 0.456 e. The maximum absolute atomic E-state index is 12.4. The minimum atomic E-state index is -0.395. The van der Waals surface area contributed by atoms with E-state index in [0.717, 1.165) is 29.7 Å². The molecular formula is C21H20N2O3. The Morgan fingerprint density at radius 3 is 2.65 bits per heavy atom. The Labute approximate surface area is 152 Å². The average molecular weight is 348 g/mol. The Morgan fingerprint density at radius 2 is 1.88 bits per heavy atom. The zero-order valence-corrected chi connectivity index (χ0v) is 14.5. The van der Waals surface area contributed by atoms with E-state index in [9.17, 15) is 9.59 Å². The monoisotopic (exact) mass is 348 g/mol. The normalized spacial score (nSPS) is 12.8. The van der Waals surface area contributed by atoms with Gasteiger partial charge in [-0.25, -0.2) is 0 Å². The number of para-hydroxylation sites is 1. The van der Waals surface area contributed by atoms with Gasteiger partial charge in [-0.05, 0) is 48.6 Å². The molecule has 1 heterocycles. The van der Waals surface area contributed by atoms with E-state index in [0.29, 0.717) is 18.5 Å². The third-order valence-electron chi connectivity index (χ3n) is 4.47. The molecule has 0 N–H and O–H groups in total. The van der Waals surface area contributed by atoms with Gasteiger partial charge in [-0.15, -0.1) is 0 Å². The van der Waals surface area contributed by atoms with Crippen LogP contribution >= 0.6 is 0 Å². The standard InChI is InChI=1S/C21H20N2O3/c22-14-17-9-7-16(8-10-17)11-12-21(25)26-15-20(24)23-13-3-5-18-4-1-2-6-19(18)23/h1-2,4,6-10H,3,5,11-13,15H2. The highest BCUT2D eigenvalue weighted by molar-refractivity contribution is 5.96. The van der Waals surface area contributed by atoms with Crippen molar-refractivity contribution in [2.75, 3.05) is 18.1 Å². The molecule has 0 saturated carbocycles. The Kier molecular flexibility index (Phi) is 5.65. The number of ether oxygens (including phenoxy) is 1. The van der Waals surface area contributed by atoms with E-state index in [1.54, 1.807) is 17.0 Å². The Morgan fingerprint density at radius 1 is 1.12 bits per heavy atom. The summed E-state index contributed by atoms with van der Waals surface area (Å²) in [6.45, 7) is 0.416. The van der Waals surface area contributed by atoms with Gasteiger partial charge in [0.05, 0.1) is 11.6 Å². The minimum Gasteiger partial charge on any atom is -0.456 e. The predicted molar refractivity (Wildman–Crippen MR) is 97.6 cm³/mol. The Balaban J connectivity index is 1.48. The van der Waals surface area contributed by atoms with Gasteiger partial charge in [0, 0.05) is 18.7 Å². The summed E-state index contributed by atoms with van der Waals surface area (Å²) in [4.78, 5) is 26.1. The summed E-state index contributed by atoms with van der Waals surface area (Å²) in [7, 11) is 0. The number of fused-ring (bicyclic) bond motifs is 1. The summed E-state index contributed by atoms with van der Waals surface area (Å²) < 4.78 is 5.16. The molecule has 2 aromatic rings. The first kappa shape index (κ1) is 17.7. The lowest BCUT2D eigenvalue weighted by Crippen LogP contribution is -2.38. The molecule has 0 saturated heterocycles. The first-order valence-corrected chi connectivity index (χ1v) is 8.70. The smallest absolute Gasteiger partial charge is 0.306 e. The van der Waals surface area contributed by atoms with Crippen LogP contribution in [-0.2, 0) is 27.2 Å². The summed E-state index contributed by atoms with van der Waals surface area (Å²) in [5.41, 5.74) is 3.61. The molecule has 1 aliphatic rings. The fourth-order valence-electron chi connectivity index (χ4n) is 3.08. The van der Waals surface area contributed by atoms with Crippen molar-refractivity contribution >= 4 is 17.6 Å². The van der Waals surface area contributed by atoms with E-state index in [1.807, 2.05) is 36.4 Å². The Bertz CT molecular complexity index is 837. The average Bonchev–Trinajstić information content (AvgIpc) is 2.70. The lowest BCUT2D eigenvalue weighted by Gasteiger charge is -2.29. The van der Waals surface area contributed by atoms with Gasteiger partial charge in [-0.3, -0.25) is 9.59 Å². The number of esters is 1. The zero-order valence-electron chi connectivity index (χ0n) is 14.5. The van der Waals surface area contributed by atoms with Crippen molar-refractivity contribution in [2.45, 2.75) is 25.7 Å². The van der Waals surface area contributed by atoms with E-state index < -0.39 is 5.97 Å². The fraction of sp³-hybridized carbons (Fsp3) is 0.286. The van der Waals surface area contributed by atoms with Gasteiger partial charge in [0.1, 0.15) is 0 Å². The van der Waals surface area contributed by atoms with Gasteiger partial charge in [0.15, 0.2) is 6.61 Å². The second-order valence-electron chi connectivity index (χ2n) is 6.25. The lowest BCUT2D eigenvalue weighted by atomic mass is 10.0. The first-order chi connectivity index (χ1) is 12.7. The van der Waals surface area contributed by atoms with Gasteiger partial charge >= 0.3 is 5.97 Å². The SMILES string of the molecule is N#Cc1ccc(CCC(=O)OCC(=O)N2CCCc3ccccc32)cc1. The number of rotatable bonds is 5. The lowest BCUT2D eigenvalue weighted by molar-refractivity contribution is -0.147. The van der Waals surface area contributed by atoms with Crippen molar-refractivity contribution in [3.05, 3.63) is 65.2 Å². The molecule has 3 rings (SSSR count). The maximum atomic E-state index is 12.4. The molecule has 26 heavy (non-hydrogen) atoms. The van der Waals surface area contributed by atoms with Crippen molar-refractivity contribution in [3.63, 3.8) is 0 Å². The van der Waals surface area contributed by atoms with Gasteiger partial charge in [-0.2, -0.15) is 5.26 Å². The van der Waals surface area contributed by atoms with Gasteiger partial charge in [0.25, 0.3) is 5.91 Å². The summed E-state index contributed by atoms with van der Waals surface area (Å²) in [5.74, 6) is -0.586. The minimum absolute atomic E-state index is 0.191. The van der Waals surface area contributed by atoms with Crippen LogP contribution < -0.4 is 4.90 Å². The molecule has 0 aromatic heterocycles. The zero-order chi connectivity index (χ0) is 18.4. The van der Waals surface area contributed by atoms with Crippen LogP contribution in [0.2, 0.25) is 0 Å². The molecule has 5 nitrogen and oxygen atoms in total. The molecule has 0 bridgehead atoms. The molecule has 1 amide bonds. The molecule has 0 spiro atoms. The van der Waals surface area contributed by atoms with Crippen LogP contribution in [0.25, 0.3) is 0 Å². The van der Waals surface area contributed by atoms with Crippen LogP contribution in [0.3, 0.4) is 0 Å². The molecule has 5 heteroatoms. The van der Waals surface area contributed by atoms with Crippen molar-refractivity contribution in [2.24, 2.45) is 0 Å². The highest BCUT2D eigenvalue weighted by Crippen LogP contribution is 2.26. The number of amides is 1. The molecule has 0 fully saturated rings. The van der Waals surface area contributed by atoms with E-state index in [1.165, 1.54) is 0 Å². The molecule has 2 aromatic carbocycles. The van der Waals surface area contributed by atoms with Crippen LogP contribution in [-0.4, -0.2) is 25.0 Å². The van der Waals surface area contributed by atoms with E-state index in [-0.39, 0.29) is 18.9 Å². The summed E-state index contributed by atoms with van der Waals surface area (Å²) in [6.07, 6.45) is 2.60. The topological polar surface area (TPSA) is 70.4 Å². The third kappa shape index (κ3) is 4.28. The molecule has 0 aliphatic carbocycles. The van der Waals surface area contributed by atoms with Crippen molar-refractivity contribution in [1.29, 1.82) is 5.26 Å². The number of hydrogen-bond acceptors (Lipinski definition) is 4. The number of hydrogen-bond donors (Lipinski definition) is 0. The number of benzene rings is 2. The number of anilines is 1. The van der Waals surface area contributed by atoms with Gasteiger partial charge < -0.3 is 9.64 Å². The molecule has 1 aliphatic heterocycles. The second kappa shape index (κ2) is 8.30. The van der Waals surface area contributed by atoms with Crippen molar-refractivity contribution < 1.29 is 14.3 Å². The number of nitrogens with zero attached hydrogens (tertiary/aromatic N) is 2. The van der Waals surface area contributed by atoms with Crippen molar-refractivity contribution in [1.82, 2.24) is 0 Å². The number of carbonyl (C=O) groups excluding carboxylic acids is 2. The number of carbonyl (C=O) groups is 2. The first-order valence-electron chi connectivity index (χ1n) is 8.70. The third-order valence-corrected chi connectivity index (χ3v) is 4.47. The fourth-order valence-corrected chi connectivity index (χ4v) is 3.08. The summed E-state index contributed by atoms with van der Waals surface area (Å²) in [6, 6.07) is 17.0. The summed E-state index contributed by atoms with van der Waals surface area (Å²) >= 11 is 0. The molecule has 0 radical (unpaired) electrons. The van der Waals surface area contributed by atoms with Gasteiger partial charge in [0.2, 0.25) is 0 Å². The molecular weight excluding hydrogens is 328 g/mol. The van der Waals surface area contributed by atoms with Crippen LogP contribution in [0.5, 0.6) is 0 Å². The number of aryl methyl sites for hydroxylation is 2. The molecule has 132 valence electrons. The van der Waals surface area contributed by atoms with Crippen molar-refractivity contribution in [3.8, 4) is 6.07 Å². The quantitative estimate of drug-likeness (QED) is 0.779. The van der Waals surface area contributed by atoms with Crippen LogP contribution in [0.4, 0.5) is 5.69 Å². The van der Waals surface area contributed by atoms with E-state index >= 15 is 0 Å². The molecule has 0 atom stereocenters. The Hall–Kier alpha value is -3.13. The maximum Gasteiger partial charge on any atom is 0.306 e.